The van der Waals surface area contributed by atoms with E-state index in [0.717, 1.165) is 0 Å². The minimum atomic E-state index is -1.82. The summed E-state index contributed by atoms with van der Waals surface area (Å²) in [6.07, 6.45) is 0. The van der Waals surface area contributed by atoms with Crippen molar-refractivity contribution in [2.45, 2.75) is 0 Å². The molecule has 12 nitrogen and oxygen atoms in total. The van der Waals surface area contributed by atoms with Crippen molar-refractivity contribution in [1.82, 2.24) is 0 Å². The molecular formula is C6H8CaCe2O12. The Balaban J connectivity index is -0.0000000375. The molecule has 21 heavy (non-hydrogen) atoms. The van der Waals surface area contributed by atoms with Gasteiger partial charge in [-0.1, -0.05) is 0 Å². The molecule has 0 unspecified atom stereocenters. The van der Waals surface area contributed by atoms with Gasteiger partial charge in [0.2, 0.25) is 0 Å². The number of carbonyl (C=O) groups is 6. The van der Waals surface area contributed by atoms with Gasteiger partial charge in [-0.2, -0.15) is 0 Å². The molecule has 0 amide bonds. The first kappa shape index (κ1) is 37.8. The van der Waals surface area contributed by atoms with Gasteiger partial charge in [-0.25, -0.2) is 28.8 Å². The van der Waals surface area contributed by atoms with Crippen LogP contribution in [-0.2, 0) is 28.8 Å². The molecule has 0 saturated heterocycles. The minimum Gasteiger partial charge on any atom is 0 e. The van der Waals surface area contributed by atoms with E-state index < -0.39 is 35.8 Å². The number of carboxylic acids is 6. The second-order valence-corrected chi connectivity index (χ2v) is 1.83. The smallest absolute Gasteiger partial charge is 0 e. The molecule has 0 aliphatic carbocycles. The van der Waals surface area contributed by atoms with Gasteiger partial charge in [0.05, 0.1) is 0 Å². The molecule has 0 aliphatic rings. The van der Waals surface area contributed by atoms with Gasteiger partial charge in [0.1, 0.15) is 0 Å². The van der Waals surface area contributed by atoms with Crippen LogP contribution in [0.1, 0.15) is 0 Å². The van der Waals surface area contributed by atoms with Gasteiger partial charge < -0.3 is 30.6 Å². The Labute approximate surface area is 212 Å². The maximum atomic E-state index is 9.10. The second-order valence-electron chi connectivity index (χ2n) is 1.83. The maximum absolute atomic E-state index is 9.10. The minimum absolute atomic E-state index is 0. The van der Waals surface area contributed by atoms with Gasteiger partial charge in [-0.15, -0.1) is 0 Å². The first-order valence-electron chi connectivity index (χ1n) is 3.32. The normalized spacial score (nSPS) is 6.29. The van der Waals surface area contributed by atoms with E-state index in [9.17, 15) is 0 Å². The summed E-state index contributed by atoms with van der Waals surface area (Å²) in [7, 11) is 0. The van der Waals surface area contributed by atoms with Crippen molar-refractivity contribution in [2.24, 2.45) is 0 Å². The number of rotatable bonds is 0. The van der Waals surface area contributed by atoms with Gasteiger partial charge in [0.25, 0.3) is 0 Å². The largest absolute Gasteiger partial charge is 0 e. The molecular weight excluding hydrogens is 584 g/mol. The van der Waals surface area contributed by atoms with Crippen molar-refractivity contribution in [1.29, 1.82) is 0 Å². The monoisotopic (exact) mass is 592 g/mol. The van der Waals surface area contributed by atoms with Crippen LogP contribution in [0.25, 0.3) is 0 Å². The third-order valence-electron chi connectivity index (χ3n) is 0.549. The van der Waals surface area contributed by atoms with Crippen molar-refractivity contribution in [2.75, 3.05) is 0 Å². The Kier molecular flexibility index (Phi) is 41.6. The average molecular weight is 592 g/mol. The standard InChI is InChI=1S/3C2H2O4.Ca.2Ce.2H/c3*3-1(4)2(5)6;;;;;/h3*(H,3,4)(H,5,6);;;;;. The first-order chi connectivity index (χ1) is 7.93. The molecule has 6 N–H and O–H groups in total. The Morgan fingerprint density at radius 3 is 0.429 bits per heavy atom. The summed E-state index contributed by atoms with van der Waals surface area (Å²) in [6, 6.07) is 0. The first-order valence-corrected chi connectivity index (χ1v) is 3.32. The van der Waals surface area contributed by atoms with E-state index in [2.05, 4.69) is 0 Å². The van der Waals surface area contributed by atoms with Crippen LogP contribution in [-0.4, -0.2) is 104 Å². The molecule has 0 aromatic rings. The van der Waals surface area contributed by atoms with E-state index in [1.165, 1.54) is 0 Å². The Hall–Kier alpha value is 0.833. The van der Waals surface area contributed by atoms with E-state index in [4.69, 9.17) is 59.4 Å². The molecule has 0 spiro atoms. The van der Waals surface area contributed by atoms with Crippen molar-refractivity contribution in [3.63, 3.8) is 0 Å². The van der Waals surface area contributed by atoms with Crippen LogP contribution in [0.15, 0.2) is 0 Å². The Bertz CT molecular complexity index is 287. The average Bonchev–Trinajstić information content (AvgIpc) is 2.18. The summed E-state index contributed by atoms with van der Waals surface area (Å²) in [5, 5.41) is 44.3. The van der Waals surface area contributed by atoms with Crippen molar-refractivity contribution < 1.29 is 143 Å². The third kappa shape index (κ3) is 44.9. The van der Waals surface area contributed by atoms with Gasteiger partial charge in [0, 0.05) is 83.5 Å². The number of aliphatic carboxylic acids is 6. The van der Waals surface area contributed by atoms with Crippen molar-refractivity contribution in [3.8, 4) is 0 Å². The fraction of sp³-hybridized carbons (Fsp3) is 0. The Morgan fingerprint density at radius 1 is 0.381 bits per heavy atom. The molecule has 0 atom stereocenters. The van der Waals surface area contributed by atoms with E-state index in [-0.39, 0.29) is 121 Å². The Morgan fingerprint density at radius 2 is 0.429 bits per heavy atom. The molecule has 0 radical (unpaired) electrons. The molecule has 0 bridgehead atoms. The van der Waals surface area contributed by atoms with Gasteiger partial charge in [-0.05, 0) is 0 Å². The van der Waals surface area contributed by atoms with Gasteiger partial charge >= 0.3 is 73.6 Å². The molecule has 114 valence electrons. The van der Waals surface area contributed by atoms with Crippen LogP contribution in [0.3, 0.4) is 0 Å². The van der Waals surface area contributed by atoms with E-state index in [0.29, 0.717) is 0 Å². The zero-order valence-corrected chi connectivity index (χ0v) is 15.4. The molecule has 0 saturated carbocycles. The quantitative estimate of drug-likeness (QED) is 0.119. The SMILES string of the molecule is O=C(O)C(=O)O.O=C(O)C(=O)O.O=C(O)C(=O)O.[CaH2].[Ce].[Ce]. The molecule has 0 rings (SSSR count). The van der Waals surface area contributed by atoms with Crippen LogP contribution in [0.5, 0.6) is 0 Å². The van der Waals surface area contributed by atoms with Crippen LogP contribution in [0.2, 0.25) is 0 Å². The van der Waals surface area contributed by atoms with Crippen molar-refractivity contribution >= 4 is 73.6 Å². The number of hydrogen-bond donors (Lipinski definition) is 6. The van der Waals surface area contributed by atoms with Crippen LogP contribution in [0, 0.1) is 83.5 Å². The zero-order valence-electron chi connectivity index (χ0n) is 9.13. The fourth-order valence-corrected chi connectivity index (χ4v) is 0. The number of carboxylic acid groups (broad SMARTS) is 6. The maximum Gasteiger partial charge on any atom is 0 e. The third-order valence-corrected chi connectivity index (χ3v) is 0.549. The van der Waals surface area contributed by atoms with E-state index in [1.54, 1.807) is 0 Å². The summed E-state index contributed by atoms with van der Waals surface area (Å²) in [4.78, 5) is 54.6. The molecule has 0 fully saturated rings. The summed E-state index contributed by atoms with van der Waals surface area (Å²) in [5.41, 5.74) is 0. The molecule has 0 aromatic carbocycles. The molecule has 0 aliphatic heterocycles. The second kappa shape index (κ2) is 23.1. The summed E-state index contributed by atoms with van der Waals surface area (Å²) >= 11 is 0. The predicted octanol–water partition coefficient (Wildman–Crippen LogP) is -3.45. The molecule has 0 aromatic heterocycles. The summed E-state index contributed by atoms with van der Waals surface area (Å²) in [6.45, 7) is 0. The van der Waals surface area contributed by atoms with Crippen LogP contribution in [0.4, 0.5) is 0 Å². The van der Waals surface area contributed by atoms with Crippen LogP contribution < -0.4 is 0 Å². The number of hydrogen-bond acceptors (Lipinski definition) is 6. The van der Waals surface area contributed by atoms with Crippen LogP contribution >= 0.6 is 0 Å². The van der Waals surface area contributed by atoms with Gasteiger partial charge in [-0.3, -0.25) is 0 Å². The molecule has 15 heteroatoms. The fourth-order valence-electron chi connectivity index (χ4n) is 0. The van der Waals surface area contributed by atoms with Crippen molar-refractivity contribution in [3.05, 3.63) is 0 Å². The van der Waals surface area contributed by atoms with E-state index >= 15 is 0 Å². The molecule has 0 heterocycles. The summed E-state index contributed by atoms with van der Waals surface area (Å²) in [5.74, 6) is -10.9. The van der Waals surface area contributed by atoms with Gasteiger partial charge in [0.15, 0.2) is 0 Å². The predicted molar refractivity (Wildman–Crippen MR) is 54.4 cm³/mol. The summed E-state index contributed by atoms with van der Waals surface area (Å²) < 4.78 is 0. The zero-order chi connectivity index (χ0) is 15.5. The topological polar surface area (TPSA) is 224 Å². The van der Waals surface area contributed by atoms with E-state index in [1.807, 2.05) is 0 Å².